The summed E-state index contributed by atoms with van der Waals surface area (Å²) in [6, 6.07) is 3.36. The number of hydrogen-bond donors (Lipinski definition) is 2. The van der Waals surface area contributed by atoms with E-state index in [2.05, 4.69) is 5.43 Å². The highest BCUT2D eigenvalue weighted by molar-refractivity contribution is 7.90. The van der Waals surface area contributed by atoms with E-state index in [4.69, 9.17) is 10.3 Å². The molecular formula is C9H16N2O3S. The molecule has 0 aromatic carbocycles. The van der Waals surface area contributed by atoms with Crippen LogP contribution < -0.4 is 11.3 Å². The molecule has 15 heavy (non-hydrogen) atoms. The molecular weight excluding hydrogens is 216 g/mol. The van der Waals surface area contributed by atoms with Gasteiger partial charge in [0.15, 0.2) is 0 Å². The van der Waals surface area contributed by atoms with Crippen molar-refractivity contribution in [1.82, 2.24) is 5.43 Å². The number of rotatable bonds is 5. The van der Waals surface area contributed by atoms with E-state index in [0.29, 0.717) is 12.2 Å². The summed E-state index contributed by atoms with van der Waals surface area (Å²) in [4.78, 5) is 0. The minimum Gasteiger partial charge on any atom is -0.465 e. The first kappa shape index (κ1) is 12.2. The van der Waals surface area contributed by atoms with Crippen LogP contribution in [0.15, 0.2) is 16.5 Å². The second-order valence-electron chi connectivity index (χ2n) is 3.59. The molecule has 3 N–H and O–H groups in total. The Labute approximate surface area is 89.5 Å². The van der Waals surface area contributed by atoms with Crippen LogP contribution in [0.25, 0.3) is 0 Å². The minimum atomic E-state index is -2.97. The highest BCUT2D eigenvalue weighted by Gasteiger charge is 2.15. The Hall–Kier alpha value is -0.850. The number of furan rings is 1. The molecule has 5 nitrogen and oxygen atoms in total. The Kier molecular flexibility index (Phi) is 3.90. The van der Waals surface area contributed by atoms with E-state index in [1.807, 2.05) is 13.0 Å². The first-order valence-corrected chi connectivity index (χ1v) is 6.68. The van der Waals surface area contributed by atoms with Crippen molar-refractivity contribution < 1.29 is 12.8 Å². The Morgan fingerprint density at radius 1 is 1.53 bits per heavy atom. The van der Waals surface area contributed by atoms with Crippen molar-refractivity contribution in [1.29, 1.82) is 0 Å². The zero-order valence-corrected chi connectivity index (χ0v) is 9.67. The average molecular weight is 232 g/mol. The van der Waals surface area contributed by atoms with Crippen molar-refractivity contribution in [2.75, 3.05) is 12.0 Å². The Bertz CT molecular complexity index is 411. The van der Waals surface area contributed by atoms with Crippen LogP contribution >= 0.6 is 0 Å². The molecule has 0 saturated carbocycles. The molecule has 1 aromatic rings. The molecule has 0 aliphatic rings. The highest BCUT2D eigenvalue weighted by Crippen LogP contribution is 2.19. The summed E-state index contributed by atoms with van der Waals surface area (Å²) in [7, 11) is -2.97. The van der Waals surface area contributed by atoms with Crippen LogP contribution in [0.2, 0.25) is 0 Å². The molecule has 0 amide bonds. The zero-order valence-electron chi connectivity index (χ0n) is 8.86. The molecule has 0 aliphatic heterocycles. The fourth-order valence-electron chi connectivity index (χ4n) is 1.28. The number of nitrogens with one attached hydrogen (secondary N) is 1. The van der Waals surface area contributed by atoms with Crippen LogP contribution in [0, 0.1) is 6.92 Å². The highest BCUT2D eigenvalue weighted by atomic mass is 32.2. The van der Waals surface area contributed by atoms with Gasteiger partial charge in [0.25, 0.3) is 0 Å². The zero-order chi connectivity index (χ0) is 11.5. The second kappa shape index (κ2) is 4.78. The normalized spacial score (nSPS) is 14.1. The Morgan fingerprint density at radius 3 is 2.60 bits per heavy atom. The van der Waals surface area contributed by atoms with Gasteiger partial charge >= 0.3 is 0 Å². The lowest BCUT2D eigenvalue weighted by atomic mass is 10.2. The lowest BCUT2D eigenvalue weighted by Crippen LogP contribution is -2.29. The minimum absolute atomic E-state index is 0.0849. The third-order valence-electron chi connectivity index (χ3n) is 2.08. The van der Waals surface area contributed by atoms with Gasteiger partial charge in [-0.15, -0.1) is 0 Å². The lowest BCUT2D eigenvalue weighted by Gasteiger charge is -2.12. The van der Waals surface area contributed by atoms with E-state index in [-0.39, 0.29) is 11.8 Å². The van der Waals surface area contributed by atoms with Crippen LogP contribution in [-0.2, 0) is 9.84 Å². The van der Waals surface area contributed by atoms with Gasteiger partial charge in [-0.1, -0.05) is 0 Å². The maximum absolute atomic E-state index is 11.0. The molecule has 0 spiro atoms. The molecule has 0 aliphatic carbocycles. The summed E-state index contributed by atoms with van der Waals surface area (Å²) >= 11 is 0. The summed E-state index contributed by atoms with van der Waals surface area (Å²) in [6.45, 7) is 1.83. The van der Waals surface area contributed by atoms with Gasteiger partial charge in [0, 0.05) is 6.26 Å². The summed E-state index contributed by atoms with van der Waals surface area (Å²) in [5.74, 6) is 6.87. The summed E-state index contributed by atoms with van der Waals surface area (Å²) in [5.41, 5.74) is 2.55. The number of aryl methyl sites for hydroxylation is 1. The van der Waals surface area contributed by atoms with E-state index in [1.165, 1.54) is 6.26 Å². The van der Waals surface area contributed by atoms with Gasteiger partial charge in [-0.2, -0.15) is 0 Å². The van der Waals surface area contributed by atoms with Gasteiger partial charge in [-0.25, -0.2) is 13.8 Å². The van der Waals surface area contributed by atoms with Crippen molar-refractivity contribution in [3.05, 3.63) is 23.7 Å². The maximum Gasteiger partial charge on any atom is 0.147 e. The molecule has 0 bridgehead atoms. The predicted molar refractivity (Wildman–Crippen MR) is 57.8 cm³/mol. The number of sulfone groups is 1. The van der Waals surface area contributed by atoms with E-state index in [9.17, 15) is 8.42 Å². The van der Waals surface area contributed by atoms with Crippen molar-refractivity contribution in [3.63, 3.8) is 0 Å². The largest absolute Gasteiger partial charge is 0.465 e. The SMILES string of the molecule is Cc1ccc(C(CCS(C)(=O)=O)NN)o1. The first-order chi connectivity index (χ1) is 6.92. The molecule has 86 valence electrons. The van der Waals surface area contributed by atoms with Crippen LogP contribution in [0.4, 0.5) is 0 Å². The topological polar surface area (TPSA) is 85.3 Å². The predicted octanol–water partition coefficient (Wildman–Crippen LogP) is 0.527. The molecule has 1 aromatic heterocycles. The van der Waals surface area contributed by atoms with Crippen LogP contribution in [0.5, 0.6) is 0 Å². The van der Waals surface area contributed by atoms with E-state index in [0.717, 1.165) is 5.76 Å². The molecule has 0 saturated heterocycles. The third-order valence-corrected chi connectivity index (χ3v) is 3.06. The van der Waals surface area contributed by atoms with Crippen LogP contribution in [0.1, 0.15) is 24.0 Å². The molecule has 0 fully saturated rings. The molecule has 1 rings (SSSR count). The van der Waals surface area contributed by atoms with Crippen molar-refractivity contribution in [2.45, 2.75) is 19.4 Å². The van der Waals surface area contributed by atoms with E-state index in [1.54, 1.807) is 6.07 Å². The monoisotopic (exact) mass is 232 g/mol. The van der Waals surface area contributed by atoms with Gasteiger partial charge < -0.3 is 4.42 Å². The standard InChI is InChI=1S/C9H16N2O3S/c1-7-3-4-9(14-7)8(11-10)5-6-15(2,12)13/h3-4,8,11H,5-6,10H2,1-2H3. The van der Waals surface area contributed by atoms with Crippen molar-refractivity contribution in [3.8, 4) is 0 Å². The lowest BCUT2D eigenvalue weighted by molar-refractivity contribution is 0.398. The Balaban J connectivity index is 2.65. The summed E-state index contributed by atoms with van der Waals surface area (Å²) in [6.07, 6.45) is 1.61. The second-order valence-corrected chi connectivity index (χ2v) is 5.85. The fraction of sp³-hybridized carbons (Fsp3) is 0.556. The molecule has 1 atom stereocenters. The van der Waals surface area contributed by atoms with Gasteiger partial charge in [0.2, 0.25) is 0 Å². The number of hydrazine groups is 1. The van der Waals surface area contributed by atoms with Gasteiger partial charge in [-0.3, -0.25) is 5.84 Å². The molecule has 6 heteroatoms. The smallest absolute Gasteiger partial charge is 0.147 e. The van der Waals surface area contributed by atoms with Crippen molar-refractivity contribution in [2.24, 2.45) is 5.84 Å². The van der Waals surface area contributed by atoms with Gasteiger partial charge in [-0.05, 0) is 25.5 Å². The van der Waals surface area contributed by atoms with Crippen molar-refractivity contribution >= 4 is 9.84 Å². The van der Waals surface area contributed by atoms with Crippen LogP contribution in [-0.4, -0.2) is 20.4 Å². The first-order valence-electron chi connectivity index (χ1n) is 4.62. The average Bonchev–Trinajstić information content (AvgIpc) is 2.51. The molecule has 1 heterocycles. The van der Waals surface area contributed by atoms with Crippen LogP contribution in [0.3, 0.4) is 0 Å². The summed E-state index contributed by atoms with van der Waals surface area (Å²) in [5, 5.41) is 0. The Morgan fingerprint density at radius 2 is 2.20 bits per heavy atom. The molecule has 0 radical (unpaired) electrons. The third kappa shape index (κ3) is 4.03. The quantitative estimate of drug-likeness (QED) is 0.571. The number of hydrogen-bond acceptors (Lipinski definition) is 5. The fourth-order valence-corrected chi connectivity index (χ4v) is 1.94. The molecule has 1 unspecified atom stereocenters. The maximum atomic E-state index is 11.0. The van der Waals surface area contributed by atoms with E-state index < -0.39 is 9.84 Å². The number of nitrogens with two attached hydrogens (primary N) is 1. The summed E-state index contributed by atoms with van der Waals surface area (Å²) < 4.78 is 27.3. The van der Waals surface area contributed by atoms with E-state index >= 15 is 0 Å². The van der Waals surface area contributed by atoms with Gasteiger partial charge in [0.05, 0.1) is 11.8 Å². The van der Waals surface area contributed by atoms with Gasteiger partial charge in [0.1, 0.15) is 21.4 Å².